The smallest absolute Gasteiger partial charge is 0.224 e. The number of carbonyl (C=O) groups excluding carboxylic acids is 1. The maximum absolute atomic E-state index is 12.3. The van der Waals surface area contributed by atoms with E-state index in [-0.39, 0.29) is 5.91 Å². The zero-order valence-corrected chi connectivity index (χ0v) is 14.4. The van der Waals surface area contributed by atoms with Gasteiger partial charge in [-0.15, -0.1) is 0 Å². The van der Waals surface area contributed by atoms with Gasteiger partial charge in [-0.3, -0.25) is 14.5 Å². The van der Waals surface area contributed by atoms with Crippen molar-refractivity contribution in [1.82, 2.24) is 19.7 Å². The molecule has 0 spiro atoms. The van der Waals surface area contributed by atoms with Gasteiger partial charge < -0.3 is 4.90 Å². The number of nitrogens with one attached hydrogen (secondary N) is 1. The highest BCUT2D eigenvalue weighted by Gasteiger charge is 2.25. The molecule has 6 heteroatoms. The maximum Gasteiger partial charge on any atom is 0.224 e. The number of hydrogen-bond donors (Lipinski definition) is 1. The lowest BCUT2D eigenvalue weighted by atomic mass is 9.92. The third-order valence-electron chi connectivity index (χ3n) is 4.60. The monoisotopic (exact) mass is 330 g/mol. The fourth-order valence-electron chi connectivity index (χ4n) is 2.89. The number of H-pyrrole nitrogens is 1. The third-order valence-corrected chi connectivity index (χ3v) is 4.91. The van der Waals surface area contributed by atoms with Crippen molar-refractivity contribution in [2.75, 3.05) is 7.05 Å². The summed E-state index contributed by atoms with van der Waals surface area (Å²) >= 11 is 5.33. The number of aryl methyl sites for hydroxylation is 1. The SMILES string of the molecule is Cc1cccc(-c2n[nH]c(=S)n2CCC(=O)N(C)C2CCC2)c1. The number of aromatic nitrogens is 3. The van der Waals surface area contributed by atoms with E-state index in [2.05, 4.69) is 16.3 Å². The van der Waals surface area contributed by atoms with Gasteiger partial charge in [0.15, 0.2) is 10.6 Å². The van der Waals surface area contributed by atoms with Crippen molar-refractivity contribution in [2.45, 2.75) is 45.2 Å². The van der Waals surface area contributed by atoms with Crippen molar-refractivity contribution in [1.29, 1.82) is 0 Å². The molecule has 1 fully saturated rings. The number of aromatic amines is 1. The van der Waals surface area contributed by atoms with Gasteiger partial charge in [0.25, 0.3) is 0 Å². The van der Waals surface area contributed by atoms with Crippen LogP contribution in [0.4, 0.5) is 0 Å². The molecule has 0 bridgehead atoms. The summed E-state index contributed by atoms with van der Waals surface area (Å²) in [6.45, 7) is 2.60. The van der Waals surface area contributed by atoms with Crippen LogP contribution in [-0.4, -0.2) is 38.7 Å². The summed E-state index contributed by atoms with van der Waals surface area (Å²) in [4.78, 5) is 14.2. The summed E-state index contributed by atoms with van der Waals surface area (Å²) < 4.78 is 2.47. The molecule has 1 heterocycles. The van der Waals surface area contributed by atoms with Crippen LogP contribution in [0.15, 0.2) is 24.3 Å². The first kappa shape index (κ1) is 15.9. The van der Waals surface area contributed by atoms with Gasteiger partial charge in [-0.05, 0) is 44.5 Å². The molecule has 3 rings (SSSR count). The number of carbonyl (C=O) groups is 1. The molecule has 0 atom stereocenters. The molecule has 0 aliphatic heterocycles. The van der Waals surface area contributed by atoms with Crippen LogP contribution in [0.1, 0.15) is 31.2 Å². The molecule has 0 saturated heterocycles. The first-order valence-electron chi connectivity index (χ1n) is 8.04. The molecule has 0 unspecified atom stereocenters. The predicted octanol–water partition coefficient (Wildman–Crippen LogP) is 3.32. The lowest BCUT2D eigenvalue weighted by Gasteiger charge is -2.34. The largest absolute Gasteiger partial charge is 0.343 e. The van der Waals surface area contributed by atoms with E-state index in [0.29, 0.717) is 23.8 Å². The first-order valence-corrected chi connectivity index (χ1v) is 8.45. The Morgan fingerprint density at radius 3 is 2.91 bits per heavy atom. The molecule has 1 N–H and O–H groups in total. The van der Waals surface area contributed by atoms with Crippen LogP contribution in [0.25, 0.3) is 11.4 Å². The minimum Gasteiger partial charge on any atom is -0.343 e. The number of rotatable bonds is 5. The molecule has 0 radical (unpaired) electrons. The minimum atomic E-state index is 0.174. The number of hydrogen-bond acceptors (Lipinski definition) is 3. The van der Waals surface area contributed by atoms with E-state index in [1.54, 1.807) is 0 Å². The van der Waals surface area contributed by atoms with E-state index in [0.717, 1.165) is 24.2 Å². The van der Waals surface area contributed by atoms with E-state index < -0.39 is 0 Å². The van der Waals surface area contributed by atoms with E-state index in [1.165, 1.54) is 12.0 Å². The summed E-state index contributed by atoms with van der Waals surface area (Å²) in [5, 5.41) is 7.18. The van der Waals surface area contributed by atoms with Crippen LogP contribution in [0.5, 0.6) is 0 Å². The second-order valence-electron chi connectivity index (χ2n) is 6.21. The molecular formula is C17H22N4OS. The van der Waals surface area contributed by atoms with E-state index in [1.807, 2.05) is 41.6 Å². The Morgan fingerprint density at radius 1 is 1.48 bits per heavy atom. The van der Waals surface area contributed by atoms with Gasteiger partial charge >= 0.3 is 0 Å². The number of amides is 1. The molecule has 5 nitrogen and oxygen atoms in total. The minimum absolute atomic E-state index is 0.174. The van der Waals surface area contributed by atoms with Gasteiger partial charge in [-0.2, -0.15) is 5.10 Å². The van der Waals surface area contributed by atoms with Crippen molar-refractivity contribution < 1.29 is 4.79 Å². The summed E-state index contributed by atoms with van der Waals surface area (Å²) in [5.74, 6) is 0.964. The Balaban J connectivity index is 1.74. The van der Waals surface area contributed by atoms with E-state index in [4.69, 9.17) is 12.2 Å². The van der Waals surface area contributed by atoms with Crippen LogP contribution in [0, 0.1) is 11.7 Å². The van der Waals surface area contributed by atoms with Gasteiger partial charge in [0.2, 0.25) is 5.91 Å². The lowest BCUT2D eigenvalue weighted by Crippen LogP contribution is -2.41. The van der Waals surface area contributed by atoms with Crippen molar-refractivity contribution in [3.05, 3.63) is 34.6 Å². The van der Waals surface area contributed by atoms with Crippen LogP contribution in [0.3, 0.4) is 0 Å². The molecule has 1 amide bonds. The Bertz CT molecular complexity index is 760. The number of benzene rings is 1. The number of nitrogens with zero attached hydrogens (tertiary/aromatic N) is 3. The van der Waals surface area contributed by atoms with Crippen LogP contribution in [0.2, 0.25) is 0 Å². The summed E-state index contributed by atoms with van der Waals surface area (Å²) in [6.07, 6.45) is 3.93. The van der Waals surface area contributed by atoms with Crippen LogP contribution < -0.4 is 0 Å². The molecule has 23 heavy (non-hydrogen) atoms. The van der Waals surface area contributed by atoms with Crippen molar-refractivity contribution >= 4 is 18.1 Å². The van der Waals surface area contributed by atoms with Gasteiger partial charge in [0, 0.05) is 31.6 Å². The van der Waals surface area contributed by atoms with E-state index in [9.17, 15) is 4.79 Å². The predicted molar refractivity (Wildman–Crippen MR) is 92.6 cm³/mol. The van der Waals surface area contributed by atoms with Gasteiger partial charge in [-0.1, -0.05) is 23.8 Å². The Hall–Kier alpha value is -1.95. The summed E-state index contributed by atoms with van der Waals surface area (Å²) in [6, 6.07) is 8.56. The Morgan fingerprint density at radius 2 is 2.26 bits per heavy atom. The third kappa shape index (κ3) is 3.37. The highest BCUT2D eigenvalue weighted by atomic mass is 32.1. The Labute approximate surface area is 141 Å². The second kappa shape index (κ2) is 6.66. The Kier molecular flexibility index (Phi) is 4.61. The topological polar surface area (TPSA) is 53.9 Å². The zero-order chi connectivity index (χ0) is 16.4. The van der Waals surface area contributed by atoms with Crippen LogP contribution >= 0.6 is 12.2 Å². The standard InChI is InChI=1S/C17H22N4OS/c1-12-5-3-6-13(11-12)16-18-19-17(23)21(16)10-9-15(22)20(2)14-7-4-8-14/h3,5-6,11,14H,4,7-10H2,1-2H3,(H,19,23). The van der Waals surface area contributed by atoms with E-state index >= 15 is 0 Å². The van der Waals surface area contributed by atoms with Crippen molar-refractivity contribution in [3.8, 4) is 11.4 Å². The van der Waals surface area contributed by atoms with Gasteiger partial charge in [-0.25, -0.2) is 0 Å². The molecule has 1 aliphatic rings. The molecule has 1 saturated carbocycles. The molecule has 122 valence electrons. The summed E-state index contributed by atoms with van der Waals surface area (Å²) in [7, 11) is 1.91. The van der Waals surface area contributed by atoms with Crippen molar-refractivity contribution in [3.63, 3.8) is 0 Å². The highest BCUT2D eigenvalue weighted by molar-refractivity contribution is 7.71. The first-order chi connectivity index (χ1) is 11.1. The van der Waals surface area contributed by atoms with Crippen LogP contribution in [-0.2, 0) is 11.3 Å². The highest BCUT2D eigenvalue weighted by Crippen LogP contribution is 2.24. The molecule has 2 aromatic rings. The van der Waals surface area contributed by atoms with Gasteiger partial charge in [0.05, 0.1) is 0 Å². The quantitative estimate of drug-likeness (QED) is 0.856. The lowest BCUT2D eigenvalue weighted by molar-refractivity contribution is -0.133. The average molecular weight is 330 g/mol. The fourth-order valence-corrected chi connectivity index (χ4v) is 3.11. The van der Waals surface area contributed by atoms with Crippen molar-refractivity contribution in [2.24, 2.45) is 0 Å². The molecule has 1 aromatic carbocycles. The van der Waals surface area contributed by atoms with Gasteiger partial charge in [0.1, 0.15) is 0 Å². The maximum atomic E-state index is 12.3. The fraction of sp³-hybridized carbons (Fsp3) is 0.471. The zero-order valence-electron chi connectivity index (χ0n) is 13.6. The summed E-state index contributed by atoms with van der Waals surface area (Å²) in [5.41, 5.74) is 2.18. The average Bonchev–Trinajstić information content (AvgIpc) is 2.84. The molecule has 1 aromatic heterocycles. The normalized spacial score (nSPS) is 14.5. The second-order valence-corrected chi connectivity index (χ2v) is 6.60. The molecular weight excluding hydrogens is 308 g/mol. The molecule has 1 aliphatic carbocycles.